The molecule has 0 fully saturated rings. The van der Waals surface area contributed by atoms with Gasteiger partial charge in [-0.25, -0.2) is 4.79 Å². The summed E-state index contributed by atoms with van der Waals surface area (Å²) >= 11 is 0. The summed E-state index contributed by atoms with van der Waals surface area (Å²) in [7, 11) is 0. The van der Waals surface area contributed by atoms with Crippen molar-refractivity contribution < 1.29 is 14.3 Å². The van der Waals surface area contributed by atoms with E-state index in [9.17, 15) is 4.79 Å². The first-order valence-corrected chi connectivity index (χ1v) is 13.2. The van der Waals surface area contributed by atoms with Crippen LogP contribution in [0.15, 0.2) is 60.4 Å². The molecule has 0 spiro atoms. The van der Waals surface area contributed by atoms with E-state index in [1.54, 1.807) is 6.08 Å². The normalized spacial score (nSPS) is 12.6. The predicted octanol–water partition coefficient (Wildman–Crippen LogP) is 8.43. The molecule has 2 rings (SSSR count). The van der Waals surface area contributed by atoms with E-state index in [2.05, 4.69) is 20.8 Å². The van der Waals surface area contributed by atoms with E-state index in [1.165, 1.54) is 51.0 Å². The number of benzene rings is 2. The average Bonchev–Trinajstić information content (AvgIpc) is 2.87. The first kappa shape index (κ1) is 28.2. The van der Waals surface area contributed by atoms with Crippen LogP contribution >= 0.6 is 0 Å². The molecule has 0 aliphatic carbocycles. The van der Waals surface area contributed by atoms with Crippen molar-refractivity contribution in [2.75, 3.05) is 12.3 Å². The van der Waals surface area contributed by atoms with Crippen molar-refractivity contribution in [3.05, 3.63) is 71.5 Å². The van der Waals surface area contributed by atoms with Crippen LogP contribution in [0.1, 0.15) is 89.7 Å². The molecule has 0 radical (unpaired) electrons. The lowest BCUT2D eigenvalue weighted by atomic mass is 10.0. The largest absolute Gasteiger partial charge is 0.494 e. The second-order valence-corrected chi connectivity index (χ2v) is 9.14. The SMILES string of the molecule is CCCCCCCCCCOc1ccc(/C=C/C(=O)O/C(=C/c2ccccc2)C(C)CC)c(N)c1. The van der Waals surface area contributed by atoms with Gasteiger partial charge in [0.15, 0.2) is 0 Å². The maximum absolute atomic E-state index is 12.5. The summed E-state index contributed by atoms with van der Waals surface area (Å²) in [5.74, 6) is 1.14. The summed E-state index contributed by atoms with van der Waals surface area (Å²) in [5.41, 5.74) is 8.54. The molecule has 190 valence electrons. The van der Waals surface area contributed by atoms with Crippen molar-refractivity contribution in [1.82, 2.24) is 0 Å². The van der Waals surface area contributed by atoms with Crippen molar-refractivity contribution in [3.63, 3.8) is 0 Å². The maximum Gasteiger partial charge on any atom is 0.335 e. The summed E-state index contributed by atoms with van der Waals surface area (Å²) in [6.45, 7) is 7.07. The average molecular weight is 478 g/mol. The number of nitrogens with two attached hydrogens (primary N) is 1. The van der Waals surface area contributed by atoms with Gasteiger partial charge in [0.1, 0.15) is 11.5 Å². The molecule has 0 saturated carbocycles. The zero-order chi connectivity index (χ0) is 25.3. The van der Waals surface area contributed by atoms with Crippen LogP contribution in [0.3, 0.4) is 0 Å². The van der Waals surface area contributed by atoms with Crippen molar-refractivity contribution >= 4 is 23.8 Å². The molecule has 0 aliphatic heterocycles. The van der Waals surface area contributed by atoms with E-state index in [1.807, 2.05) is 54.6 Å². The lowest BCUT2D eigenvalue weighted by Crippen LogP contribution is -2.07. The molecule has 35 heavy (non-hydrogen) atoms. The van der Waals surface area contributed by atoms with Crippen LogP contribution in [-0.2, 0) is 9.53 Å². The molecular formula is C31H43NO3. The smallest absolute Gasteiger partial charge is 0.335 e. The van der Waals surface area contributed by atoms with Gasteiger partial charge in [0.05, 0.1) is 6.61 Å². The Morgan fingerprint density at radius 1 is 0.943 bits per heavy atom. The molecule has 0 heterocycles. The number of carbonyl (C=O) groups excluding carboxylic acids is 1. The minimum Gasteiger partial charge on any atom is -0.494 e. The predicted molar refractivity (Wildman–Crippen MR) is 148 cm³/mol. The number of hydrogen-bond acceptors (Lipinski definition) is 4. The van der Waals surface area contributed by atoms with Crippen LogP contribution in [0.2, 0.25) is 0 Å². The Morgan fingerprint density at radius 2 is 1.63 bits per heavy atom. The number of rotatable bonds is 16. The van der Waals surface area contributed by atoms with Crippen LogP contribution in [0.5, 0.6) is 5.75 Å². The molecule has 0 amide bonds. The van der Waals surface area contributed by atoms with E-state index in [0.717, 1.165) is 29.7 Å². The summed E-state index contributed by atoms with van der Waals surface area (Å²) in [6, 6.07) is 15.5. The summed E-state index contributed by atoms with van der Waals surface area (Å²) < 4.78 is 11.5. The van der Waals surface area contributed by atoms with Gasteiger partial charge in [0.2, 0.25) is 0 Å². The monoisotopic (exact) mass is 477 g/mol. The number of ether oxygens (including phenoxy) is 2. The third-order valence-corrected chi connectivity index (χ3v) is 6.15. The fourth-order valence-corrected chi connectivity index (χ4v) is 3.72. The van der Waals surface area contributed by atoms with Gasteiger partial charge in [-0.2, -0.15) is 0 Å². The summed E-state index contributed by atoms with van der Waals surface area (Å²) in [4.78, 5) is 12.5. The Kier molecular flexibility index (Phi) is 13.4. The first-order valence-electron chi connectivity index (χ1n) is 13.2. The second kappa shape index (κ2) is 16.6. The van der Waals surface area contributed by atoms with E-state index < -0.39 is 5.97 Å². The van der Waals surface area contributed by atoms with Crippen LogP contribution < -0.4 is 10.5 Å². The highest BCUT2D eigenvalue weighted by Gasteiger charge is 2.12. The molecule has 0 aliphatic rings. The topological polar surface area (TPSA) is 61.5 Å². The fraction of sp³-hybridized carbons (Fsp3) is 0.452. The summed E-state index contributed by atoms with van der Waals surface area (Å²) in [6.07, 6.45) is 16.1. The lowest BCUT2D eigenvalue weighted by Gasteiger charge is -2.13. The molecule has 4 nitrogen and oxygen atoms in total. The van der Waals surface area contributed by atoms with Crippen molar-refractivity contribution in [3.8, 4) is 5.75 Å². The molecule has 1 atom stereocenters. The highest BCUT2D eigenvalue weighted by Crippen LogP contribution is 2.23. The van der Waals surface area contributed by atoms with Gasteiger partial charge in [-0.05, 0) is 48.3 Å². The number of carbonyl (C=O) groups is 1. The van der Waals surface area contributed by atoms with E-state index in [-0.39, 0.29) is 5.92 Å². The number of anilines is 1. The Balaban J connectivity index is 1.83. The minimum atomic E-state index is -0.415. The van der Waals surface area contributed by atoms with Gasteiger partial charge < -0.3 is 15.2 Å². The quantitative estimate of drug-likeness (QED) is 0.0866. The number of nitrogen functional groups attached to an aromatic ring is 1. The number of unbranched alkanes of at least 4 members (excludes halogenated alkanes) is 7. The van der Waals surface area contributed by atoms with Gasteiger partial charge in [-0.3, -0.25) is 0 Å². The van der Waals surface area contributed by atoms with Crippen LogP contribution in [0.4, 0.5) is 5.69 Å². The molecule has 0 saturated heterocycles. The highest BCUT2D eigenvalue weighted by molar-refractivity contribution is 5.89. The molecule has 0 aromatic heterocycles. The summed E-state index contributed by atoms with van der Waals surface area (Å²) in [5, 5.41) is 0. The highest BCUT2D eigenvalue weighted by atomic mass is 16.5. The number of esters is 1. The molecule has 1 unspecified atom stereocenters. The Morgan fingerprint density at radius 3 is 2.29 bits per heavy atom. The van der Waals surface area contributed by atoms with E-state index >= 15 is 0 Å². The first-order chi connectivity index (χ1) is 17.0. The Labute approximate surface area is 212 Å². The van der Waals surface area contributed by atoms with Crippen molar-refractivity contribution in [2.45, 2.75) is 78.6 Å². The minimum absolute atomic E-state index is 0.134. The van der Waals surface area contributed by atoms with Gasteiger partial charge in [0.25, 0.3) is 0 Å². The Bertz CT molecular complexity index is 933. The van der Waals surface area contributed by atoms with Crippen LogP contribution in [0, 0.1) is 5.92 Å². The zero-order valence-electron chi connectivity index (χ0n) is 21.8. The van der Waals surface area contributed by atoms with Gasteiger partial charge in [-0.15, -0.1) is 0 Å². The molecule has 2 aromatic carbocycles. The standard InChI is InChI=1S/C31H43NO3/c1-4-6-7-8-9-10-11-15-22-34-28-20-18-27(29(32)24-28)19-21-31(33)35-30(25(3)5-2)23-26-16-13-12-14-17-26/h12-14,16-21,23-25H,4-11,15,22,32H2,1-3H3/b21-19+,30-23+. The zero-order valence-corrected chi connectivity index (χ0v) is 21.8. The van der Waals surface area contributed by atoms with Crippen molar-refractivity contribution in [2.24, 2.45) is 5.92 Å². The van der Waals surface area contributed by atoms with Gasteiger partial charge >= 0.3 is 5.97 Å². The molecular weight excluding hydrogens is 434 g/mol. The number of allylic oxidation sites excluding steroid dienone is 1. The van der Waals surface area contributed by atoms with Crippen LogP contribution in [-0.4, -0.2) is 12.6 Å². The second-order valence-electron chi connectivity index (χ2n) is 9.14. The fourth-order valence-electron chi connectivity index (χ4n) is 3.72. The van der Waals surface area contributed by atoms with Crippen molar-refractivity contribution in [1.29, 1.82) is 0 Å². The molecule has 2 aromatic rings. The Hall–Kier alpha value is -3.01. The van der Waals surface area contributed by atoms with Gasteiger partial charge in [-0.1, -0.05) is 96.0 Å². The molecule has 0 bridgehead atoms. The van der Waals surface area contributed by atoms with Crippen LogP contribution in [0.25, 0.3) is 12.2 Å². The lowest BCUT2D eigenvalue weighted by molar-refractivity contribution is -0.134. The maximum atomic E-state index is 12.5. The van der Waals surface area contributed by atoms with E-state index in [0.29, 0.717) is 18.1 Å². The van der Waals surface area contributed by atoms with E-state index in [4.69, 9.17) is 15.2 Å². The van der Waals surface area contributed by atoms with Gasteiger partial charge in [0, 0.05) is 23.7 Å². The number of hydrogen-bond donors (Lipinski definition) is 1. The molecule has 2 N–H and O–H groups in total. The third kappa shape index (κ3) is 11.3. The molecule has 4 heteroatoms. The third-order valence-electron chi connectivity index (χ3n) is 6.15.